The highest BCUT2D eigenvalue weighted by Gasteiger charge is 2.28. The molecule has 0 unspecified atom stereocenters. The van der Waals surface area contributed by atoms with E-state index in [0.29, 0.717) is 28.8 Å². The number of nitrogens with zero attached hydrogens (tertiary/aromatic N) is 2. The van der Waals surface area contributed by atoms with Gasteiger partial charge in [0.05, 0.1) is 11.8 Å². The van der Waals surface area contributed by atoms with Crippen LogP contribution in [-0.4, -0.2) is 22.8 Å². The first kappa shape index (κ1) is 17.5. The van der Waals surface area contributed by atoms with E-state index in [4.69, 9.17) is 9.73 Å². The SMILES string of the molecule is CC[C@@H]1N=C(c2cnc(C(F)F)c(C)c2)c2cccc(F)c2O[C@H]1C. The van der Waals surface area contributed by atoms with Crippen molar-refractivity contribution in [2.24, 2.45) is 4.99 Å². The molecule has 0 spiro atoms. The number of aliphatic imine (C=N–C) groups is 1. The standard InChI is InChI=1S/C19H19F3N2O/c1-4-15-11(3)25-18-13(6-5-7-14(18)20)17(24-15)12-8-10(2)16(19(21)22)23-9-12/h5-9,11,15,19H,4H2,1-3H3/t11-,15-/m0/s1. The lowest BCUT2D eigenvalue weighted by atomic mass is 10.0. The van der Waals surface area contributed by atoms with E-state index in [1.165, 1.54) is 12.3 Å². The fourth-order valence-corrected chi connectivity index (χ4v) is 3.02. The van der Waals surface area contributed by atoms with Crippen LogP contribution in [0.3, 0.4) is 0 Å². The van der Waals surface area contributed by atoms with E-state index in [-0.39, 0.29) is 23.6 Å². The Morgan fingerprint density at radius 3 is 2.68 bits per heavy atom. The highest BCUT2D eigenvalue weighted by atomic mass is 19.3. The second kappa shape index (κ2) is 6.86. The topological polar surface area (TPSA) is 34.5 Å². The molecular formula is C19H19F3N2O. The van der Waals surface area contributed by atoms with Crippen molar-refractivity contribution >= 4 is 5.71 Å². The van der Waals surface area contributed by atoms with Crippen LogP contribution in [0.2, 0.25) is 0 Å². The molecule has 0 saturated carbocycles. The van der Waals surface area contributed by atoms with Crippen LogP contribution >= 0.6 is 0 Å². The number of aryl methyl sites for hydroxylation is 1. The molecule has 0 fully saturated rings. The molecule has 1 aliphatic rings. The molecule has 0 bridgehead atoms. The summed E-state index contributed by atoms with van der Waals surface area (Å²) in [4.78, 5) is 8.62. The van der Waals surface area contributed by atoms with Gasteiger partial charge in [-0.25, -0.2) is 13.2 Å². The van der Waals surface area contributed by atoms with Crippen LogP contribution in [0.15, 0.2) is 35.5 Å². The Balaban J connectivity index is 2.18. The zero-order chi connectivity index (χ0) is 18.1. The maximum Gasteiger partial charge on any atom is 0.280 e. The Labute approximate surface area is 144 Å². The molecular weight excluding hydrogens is 329 g/mol. The Kier molecular flexibility index (Phi) is 4.79. The summed E-state index contributed by atoms with van der Waals surface area (Å²) in [5.74, 6) is -0.331. The third-order valence-electron chi connectivity index (χ3n) is 4.38. The lowest BCUT2D eigenvalue weighted by Gasteiger charge is -2.18. The molecule has 1 aliphatic heterocycles. The largest absolute Gasteiger partial charge is 0.485 e. The highest BCUT2D eigenvalue weighted by molar-refractivity contribution is 6.14. The van der Waals surface area contributed by atoms with E-state index in [9.17, 15) is 13.2 Å². The Hall–Kier alpha value is -2.37. The van der Waals surface area contributed by atoms with E-state index in [1.54, 1.807) is 25.1 Å². The average Bonchev–Trinajstić information content (AvgIpc) is 2.71. The molecule has 25 heavy (non-hydrogen) atoms. The first-order valence-corrected chi connectivity index (χ1v) is 8.20. The summed E-state index contributed by atoms with van der Waals surface area (Å²) in [6.07, 6.45) is -0.860. The zero-order valence-corrected chi connectivity index (χ0v) is 14.3. The number of rotatable bonds is 3. The van der Waals surface area contributed by atoms with Gasteiger partial charge in [-0.05, 0) is 44.0 Å². The second-order valence-corrected chi connectivity index (χ2v) is 6.12. The van der Waals surface area contributed by atoms with Crippen molar-refractivity contribution in [3.63, 3.8) is 0 Å². The van der Waals surface area contributed by atoms with Gasteiger partial charge in [0.2, 0.25) is 0 Å². The van der Waals surface area contributed by atoms with Crippen LogP contribution in [0, 0.1) is 12.7 Å². The van der Waals surface area contributed by atoms with Gasteiger partial charge in [-0.1, -0.05) is 13.0 Å². The van der Waals surface area contributed by atoms with Gasteiger partial charge >= 0.3 is 0 Å². The molecule has 2 atom stereocenters. The average molecular weight is 348 g/mol. The van der Waals surface area contributed by atoms with Crippen LogP contribution in [0.1, 0.15) is 49.1 Å². The minimum atomic E-state index is -2.64. The smallest absolute Gasteiger partial charge is 0.280 e. The molecule has 2 heterocycles. The molecule has 3 nitrogen and oxygen atoms in total. The monoisotopic (exact) mass is 348 g/mol. The number of ether oxygens (including phenoxy) is 1. The van der Waals surface area contributed by atoms with Crippen molar-refractivity contribution in [1.82, 2.24) is 4.98 Å². The van der Waals surface area contributed by atoms with E-state index < -0.39 is 12.2 Å². The van der Waals surface area contributed by atoms with Crippen molar-refractivity contribution in [2.45, 2.75) is 45.8 Å². The summed E-state index contributed by atoms with van der Waals surface area (Å²) >= 11 is 0. The number of fused-ring (bicyclic) bond motifs is 1. The molecule has 1 aromatic carbocycles. The van der Waals surface area contributed by atoms with E-state index in [0.717, 1.165) is 0 Å². The third kappa shape index (κ3) is 3.25. The minimum absolute atomic E-state index is 0.139. The van der Waals surface area contributed by atoms with Gasteiger partial charge in [-0.2, -0.15) is 0 Å². The van der Waals surface area contributed by atoms with E-state index >= 15 is 0 Å². The number of pyridine rings is 1. The fraction of sp³-hybridized carbons (Fsp3) is 0.368. The molecule has 1 aromatic heterocycles. The number of halogens is 3. The van der Waals surface area contributed by atoms with Crippen LogP contribution in [0.5, 0.6) is 5.75 Å². The van der Waals surface area contributed by atoms with Crippen LogP contribution in [0.25, 0.3) is 0 Å². The highest BCUT2D eigenvalue weighted by Crippen LogP contribution is 2.32. The fourth-order valence-electron chi connectivity index (χ4n) is 3.02. The zero-order valence-electron chi connectivity index (χ0n) is 14.3. The molecule has 0 aliphatic carbocycles. The van der Waals surface area contributed by atoms with Crippen molar-refractivity contribution in [1.29, 1.82) is 0 Å². The number of aromatic nitrogens is 1. The molecule has 0 amide bonds. The Bertz CT molecular complexity index is 820. The molecule has 2 aromatic rings. The first-order valence-electron chi connectivity index (χ1n) is 8.20. The van der Waals surface area contributed by atoms with Gasteiger partial charge in [0.15, 0.2) is 11.6 Å². The van der Waals surface area contributed by atoms with Gasteiger partial charge in [0.25, 0.3) is 6.43 Å². The Morgan fingerprint density at radius 1 is 1.28 bits per heavy atom. The normalized spacial score (nSPS) is 19.9. The third-order valence-corrected chi connectivity index (χ3v) is 4.38. The maximum atomic E-state index is 14.3. The van der Waals surface area contributed by atoms with Crippen molar-refractivity contribution in [3.05, 3.63) is 58.7 Å². The first-order chi connectivity index (χ1) is 11.9. The van der Waals surface area contributed by atoms with Crippen LogP contribution in [0.4, 0.5) is 13.2 Å². The summed E-state index contributed by atoms with van der Waals surface area (Å²) < 4.78 is 46.0. The van der Waals surface area contributed by atoms with Crippen LogP contribution in [-0.2, 0) is 0 Å². The van der Waals surface area contributed by atoms with E-state index in [1.807, 2.05) is 13.8 Å². The van der Waals surface area contributed by atoms with Crippen LogP contribution < -0.4 is 4.74 Å². The number of hydrogen-bond acceptors (Lipinski definition) is 3. The predicted octanol–water partition coefficient (Wildman–Crippen LogP) is 4.86. The second-order valence-electron chi connectivity index (χ2n) is 6.12. The lowest BCUT2D eigenvalue weighted by molar-refractivity contribution is 0.145. The molecule has 0 N–H and O–H groups in total. The molecule has 6 heteroatoms. The van der Waals surface area contributed by atoms with Crippen molar-refractivity contribution in [3.8, 4) is 5.75 Å². The molecule has 0 saturated heterocycles. The van der Waals surface area contributed by atoms with Gasteiger partial charge in [0, 0.05) is 17.3 Å². The van der Waals surface area contributed by atoms with Crippen molar-refractivity contribution < 1.29 is 17.9 Å². The summed E-state index contributed by atoms with van der Waals surface area (Å²) in [6, 6.07) is 6.08. The summed E-state index contributed by atoms with van der Waals surface area (Å²) in [5, 5.41) is 0. The van der Waals surface area contributed by atoms with E-state index in [2.05, 4.69) is 4.98 Å². The van der Waals surface area contributed by atoms with Crippen molar-refractivity contribution in [2.75, 3.05) is 0 Å². The molecule has 132 valence electrons. The number of benzene rings is 1. The van der Waals surface area contributed by atoms with Gasteiger partial charge in [0.1, 0.15) is 11.8 Å². The molecule has 3 rings (SSSR count). The quantitative estimate of drug-likeness (QED) is 0.794. The number of hydrogen-bond donors (Lipinski definition) is 0. The van der Waals surface area contributed by atoms with Gasteiger partial charge in [-0.3, -0.25) is 9.98 Å². The summed E-state index contributed by atoms with van der Waals surface area (Å²) in [6.45, 7) is 5.40. The maximum absolute atomic E-state index is 14.3. The number of para-hydroxylation sites is 1. The Morgan fingerprint density at radius 2 is 2.04 bits per heavy atom. The summed E-state index contributed by atoms with van der Waals surface area (Å²) in [7, 11) is 0. The summed E-state index contributed by atoms with van der Waals surface area (Å²) in [5.41, 5.74) is 1.72. The van der Waals surface area contributed by atoms with Gasteiger partial charge in [-0.15, -0.1) is 0 Å². The minimum Gasteiger partial charge on any atom is -0.485 e. The van der Waals surface area contributed by atoms with Gasteiger partial charge < -0.3 is 4.74 Å². The molecule has 0 radical (unpaired) electrons. The lowest BCUT2D eigenvalue weighted by Crippen LogP contribution is -2.26. The number of alkyl halides is 2. The predicted molar refractivity (Wildman–Crippen MR) is 90.1 cm³/mol.